The van der Waals surface area contributed by atoms with Gasteiger partial charge in [0.25, 0.3) is 0 Å². The van der Waals surface area contributed by atoms with Crippen LogP contribution < -0.4 is 0 Å². The highest BCUT2D eigenvalue weighted by Crippen LogP contribution is 2.49. The second-order valence-electron chi connectivity index (χ2n) is 8.13. The summed E-state index contributed by atoms with van der Waals surface area (Å²) in [6.07, 6.45) is 5.50. The molecule has 0 spiro atoms. The summed E-state index contributed by atoms with van der Waals surface area (Å²) in [7, 11) is 0.160. The van der Waals surface area contributed by atoms with E-state index in [0.717, 1.165) is 0 Å². The fraction of sp³-hybridized carbons (Fsp3) is 1.00. The van der Waals surface area contributed by atoms with Crippen molar-refractivity contribution in [3.05, 3.63) is 0 Å². The lowest BCUT2D eigenvalue weighted by molar-refractivity contribution is 0.458. The summed E-state index contributed by atoms with van der Waals surface area (Å²) >= 11 is 5.61. The Morgan fingerprint density at radius 1 is 0.882 bits per heavy atom. The maximum atomic E-state index is 5.61. The Morgan fingerprint density at radius 3 is 1.47 bits per heavy atom. The highest BCUT2D eigenvalue weighted by Gasteiger charge is 2.23. The van der Waals surface area contributed by atoms with Crippen LogP contribution in [0.3, 0.4) is 0 Å². The molecule has 0 aromatic heterocycles. The Bertz CT molecular complexity index is 249. The molecular formula is C14H32P2S. The molecule has 0 aromatic carbocycles. The van der Waals surface area contributed by atoms with Crippen LogP contribution in [0, 0.1) is 10.8 Å². The molecule has 0 amide bonds. The first-order chi connectivity index (χ1) is 7.29. The van der Waals surface area contributed by atoms with Gasteiger partial charge in [0.05, 0.1) is 0 Å². The summed E-state index contributed by atoms with van der Waals surface area (Å²) in [6, 6.07) is -1.00. The highest BCUT2D eigenvalue weighted by molar-refractivity contribution is 8.14. The second kappa shape index (κ2) is 6.49. The molecule has 0 nitrogen and oxygen atoms in total. The summed E-state index contributed by atoms with van der Waals surface area (Å²) in [6.45, 7) is 18.8. The smallest absolute Gasteiger partial charge is 0.0200 e. The van der Waals surface area contributed by atoms with Crippen LogP contribution in [0.1, 0.15) is 41.5 Å². The quantitative estimate of drug-likeness (QED) is 0.620. The Morgan fingerprint density at radius 2 is 1.24 bits per heavy atom. The molecule has 104 valence electrons. The van der Waals surface area contributed by atoms with Crippen LogP contribution in [0.15, 0.2) is 0 Å². The maximum Gasteiger partial charge on any atom is -0.0200 e. The molecule has 0 fully saturated rings. The summed E-state index contributed by atoms with van der Waals surface area (Å²) in [4.78, 5) is 0. The molecule has 0 saturated carbocycles. The molecule has 0 N–H and O–H groups in total. The lowest BCUT2D eigenvalue weighted by Gasteiger charge is -2.32. The van der Waals surface area contributed by atoms with Crippen molar-refractivity contribution in [2.24, 2.45) is 10.8 Å². The zero-order valence-corrected chi connectivity index (χ0v) is 15.7. The molecule has 0 rings (SSSR count). The van der Waals surface area contributed by atoms with E-state index < -0.39 is 6.04 Å². The van der Waals surface area contributed by atoms with Gasteiger partial charge in [-0.2, -0.15) is 0 Å². The van der Waals surface area contributed by atoms with E-state index in [1.807, 2.05) is 0 Å². The van der Waals surface area contributed by atoms with Crippen LogP contribution in [0.2, 0.25) is 0 Å². The third-order valence-electron chi connectivity index (χ3n) is 2.35. The minimum Gasteiger partial charge on any atom is -0.105 e. The van der Waals surface area contributed by atoms with Crippen molar-refractivity contribution in [1.82, 2.24) is 0 Å². The van der Waals surface area contributed by atoms with Gasteiger partial charge in [0.2, 0.25) is 0 Å². The zero-order valence-electron chi connectivity index (χ0n) is 13.1. The fourth-order valence-electron chi connectivity index (χ4n) is 1.94. The van der Waals surface area contributed by atoms with E-state index in [2.05, 4.69) is 54.9 Å². The summed E-state index contributed by atoms with van der Waals surface area (Å²) in [5.41, 5.74) is 0.946. The first kappa shape index (κ1) is 18.1. The van der Waals surface area contributed by atoms with E-state index >= 15 is 0 Å². The van der Waals surface area contributed by atoms with E-state index in [1.165, 1.54) is 24.6 Å². The molecule has 0 radical (unpaired) electrons. The Hall–Kier alpha value is 1.08. The molecule has 0 unspecified atom stereocenters. The molecule has 0 aliphatic rings. The first-order valence-electron chi connectivity index (χ1n) is 6.55. The van der Waals surface area contributed by atoms with E-state index in [9.17, 15) is 0 Å². The molecule has 0 aromatic rings. The van der Waals surface area contributed by atoms with Crippen LogP contribution in [0.5, 0.6) is 0 Å². The fourth-order valence-corrected chi connectivity index (χ4v) is 8.84. The number of hydrogen-bond donors (Lipinski definition) is 0. The zero-order chi connectivity index (χ0) is 13.9. The number of hydrogen-bond acceptors (Lipinski definition) is 1. The van der Waals surface area contributed by atoms with Crippen molar-refractivity contribution in [1.29, 1.82) is 0 Å². The minimum absolute atomic E-state index is 0.160. The lowest BCUT2D eigenvalue weighted by Crippen LogP contribution is -2.19. The number of rotatable bonds is 5. The van der Waals surface area contributed by atoms with Crippen molar-refractivity contribution in [3.8, 4) is 0 Å². The van der Waals surface area contributed by atoms with Gasteiger partial charge in [-0.3, -0.25) is 0 Å². The molecule has 0 heterocycles. The average Bonchev–Trinajstić information content (AvgIpc) is 1.92. The Labute approximate surface area is 116 Å². The monoisotopic (exact) mass is 294 g/mol. The topological polar surface area (TPSA) is 0 Å². The summed E-state index contributed by atoms with van der Waals surface area (Å²) in [5, 5.41) is 0. The maximum absolute atomic E-state index is 5.61. The summed E-state index contributed by atoms with van der Waals surface area (Å²) in [5.74, 6) is 0. The third-order valence-corrected chi connectivity index (χ3v) is 8.20. The van der Waals surface area contributed by atoms with Crippen molar-refractivity contribution < 1.29 is 0 Å². The van der Waals surface area contributed by atoms with Crippen LogP contribution in [0.25, 0.3) is 0 Å². The van der Waals surface area contributed by atoms with Crippen molar-refractivity contribution >= 4 is 25.8 Å². The van der Waals surface area contributed by atoms with Gasteiger partial charge in [-0.05, 0) is 54.8 Å². The minimum atomic E-state index is -1.00. The van der Waals surface area contributed by atoms with Gasteiger partial charge in [-0.1, -0.05) is 53.3 Å². The summed E-state index contributed by atoms with van der Waals surface area (Å²) < 4.78 is 0. The molecular weight excluding hydrogens is 262 g/mol. The third kappa shape index (κ3) is 13.3. The molecule has 17 heavy (non-hydrogen) atoms. The van der Waals surface area contributed by atoms with Gasteiger partial charge >= 0.3 is 0 Å². The van der Waals surface area contributed by atoms with E-state index in [0.29, 0.717) is 10.8 Å². The van der Waals surface area contributed by atoms with Gasteiger partial charge < -0.3 is 0 Å². The van der Waals surface area contributed by atoms with E-state index in [4.69, 9.17) is 11.8 Å². The highest BCUT2D eigenvalue weighted by atomic mass is 32.4. The van der Waals surface area contributed by atoms with Crippen molar-refractivity contribution in [3.63, 3.8) is 0 Å². The largest absolute Gasteiger partial charge is 0.105 e. The lowest BCUT2D eigenvalue weighted by atomic mass is 10.0. The molecule has 0 saturated heterocycles. The second-order valence-corrected chi connectivity index (χ2v) is 17.1. The predicted molar refractivity (Wildman–Crippen MR) is 91.4 cm³/mol. The molecule has 3 heteroatoms. The van der Waals surface area contributed by atoms with Crippen LogP contribution in [-0.2, 0) is 11.8 Å². The molecule has 0 aliphatic heterocycles. The van der Waals surface area contributed by atoms with E-state index in [-0.39, 0.29) is 7.92 Å². The van der Waals surface area contributed by atoms with Crippen molar-refractivity contribution in [2.75, 3.05) is 38.0 Å². The van der Waals surface area contributed by atoms with E-state index in [1.54, 1.807) is 0 Å². The molecule has 0 aliphatic carbocycles. The Kier molecular flexibility index (Phi) is 6.91. The first-order valence-corrected chi connectivity index (χ1v) is 12.3. The van der Waals surface area contributed by atoms with Crippen LogP contribution >= 0.6 is 14.0 Å². The van der Waals surface area contributed by atoms with Gasteiger partial charge in [-0.25, -0.2) is 0 Å². The van der Waals surface area contributed by atoms with Gasteiger partial charge in [0, 0.05) is 0 Å². The van der Waals surface area contributed by atoms with Gasteiger partial charge in [-0.15, -0.1) is 7.92 Å². The standard InChI is InChI=1S/C14H32P2S/c1-13(2,3)11-15(12-14(4,5)6)9-10-16(7,8)17/h9-12H2,1-8H3. The van der Waals surface area contributed by atoms with Gasteiger partial charge in [0.1, 0.15) is 0 Å². The average molecular weight is 294 g/mol. The SMILES string of the molecule is CC(C)(C)CP(CCP(C)(C)=S)CC(C)(C)C. The van der Waals surface area contributed by atoms with Crippen molar-refractivity contribution in [2.45, 2.75) is 41.5 Å². The van der Waals surface area contributed by atoms with Crippen LogP contribution in [-0.4, -0.2) is 38.0 Å². The van der Waals surface area contributed by atoms with Gasteiger partial charge in [0.15, 0.2) is 0 Å². The Balaban J connectivity index is 4.47. The van der Waals surface area contributed by atoms with Crippen LogP contribution in [0.4, 0.5) is 0 Å². The molecule has 0 atom stereocenters. The predicted octanol–water partition coefficient (Wildman–Crippen LogP) is 5.30. The normalized spacial score (nSPS) is 14.4. The molecule has 0 bridgehead atoms.